The summed E-state index contributed by atoms with van der Waals surface area (Å²) >= 11 is 0. The zero-order valence-electron chi connectivity index (χ0n) is 24.5. The van der Waals surface area contributed by atoms with Crippen molar-refractivity contribution < 1.29 is 37.7 Å². The Bertz CT molecular complexity index is 1470. The number of carboxylic acid groups (broad SMARTS) is 1. The van der Waals surface area contributed by atoms with E-state index in [1.165, 1.54) is 25.4 Å². The third kappa shape index (κ3) is 6.30. The van der Waals surface area contributed by atoms with E-state index in [1.54, 1.807) is 6.92 Å². The molecule has 2 amide bonds. The van der Waals surface area contributed by atoms with Crippen molar-refractivity contribution in [3.05, 3.63) is 47.0 Å². The molecule has 11 nitrogen and oxygen atoms in total. The number of aromatic nitrogens is 2. The normalized spacial score (nSPS) is 27.4. The molecule has 3 fully saturated rings. The average molecular weight is 612 g/mol. The molecule has 44 heavy (non-hydrogen) atoms. The molecule has 234 valence electrons. The lowest BCUT2D eigenvalue weighted by molar-refractivity contribution is -0.150. The van der Waals surface area contributed by atoms with E-state index in [1.807, 2.05) is 0 Å². The van der Waals surface area contributed by atoms with Crippen LogP contribution < -0.4 is 20.1 Å². The molecule has 0 spiro atoms. The number of carboxylic acids is 1. The lowest BCUT2D eigenvalue weighted by atomic mass is 9.75. The topological polar surface area (TPSA) is 164 Å². The Kier molecular flexibility index (Phi) is 8.99. The van der Waals surface area contributed by atoms with E-state index in [-0.39, 0.29) is 58.8 Å². The van der Waals surface area contributed by atoms with Crippen LogP contribution in [0.25, 0.3) is 0 Å². The largest absolute Gasteiger partial charge is 0.496 e. The average Bonchev–Trinajstić information content (AvgIpc) is 3.63. The summed E-state index contributed by atoms with van der Waals surface area (Å²) in [6.45, 7) is 1.59. The van der Waals surface area contributed by atoms with Gasteiger partial charge in [0.2, 0.25) is 5.91 Å². The van der Waals surface area contributed by atoms with Crippen molar-refractivity contribution in [3.63, 3.8) is 0 Å². The molecule has 0 aliphatic heterocycles. The first-order valence-electron chi connectivity index (χ1n) is 14.7. The number of carbonyl (C=O) groups is 3. The summed E-state index contributed by atoms with van der Waals surface area (Å²) in [6, 6.07) is 5.64. The minimum atomic E-state index is -2.75. The number of ether oxygens (including phenoxy) is 2. The minimum Gasteiger partial charge on any atom is -0.496 e. The van der Waals surface area contributed by atoms with Crippen LogP contribution in [0.4, 0.5) is 8.78 Å². The number of aliphatic carboxylic acids is 1. The van der Waals surface area contributed by atoms with E-state index in [2.05, 4.69) is 26.7 Å². The molecule has 1 aromatic heterocycles. The van der Waals surface area contributed by atoms with Gasteiger partial charge in [0.15, 0.2) is 0 Å². The molecule has 5 rings (SSSR count). The molecule has 2 aromatic rings. The van der Waals surface area contributed by atoms with Crippen LogP contribution in [0.5, 0.6) is 11.5 Å². The summed E-state index contributed by atoms with van der Waals surface area (Å²) in [6.07, 6.45) is 2.45. The fourth-order valence-electron chi connectivity index (χ4n) is 6.84. The molecule has 13 heteroatoms. The molecule has 4 atom stereocenters. The Hall–Kier alpha value is -4.34. The Morgan fingerprint density at radius 1 is 1.16 bits per heavy atom. The van der Waals surface area contributed by atoms with Crippen molar-refractivity contribution in [1.82, 2.24) is 20.6 Å². The molecule has 3 aliphatic carbocycles. The number of rotatable bonds is 10. The van der Waals surface area contributed by atoms with Crippen LogP contribution in [0.15, 0.2) is 24.4 Å². The van der Waals surface area contributed by atoms with Crippen LogP contribution >= 0.6 is 0 Å². The maximum absolute atomic E-state index is 13.7. The number of benzene rings is 1. The molecule has 3 N–H and O–H groups in total. The van der Waals surface area contributed by atoms with Gasteiger partial charge in [0, 0.05) is 18.3 Å². The van der Waals surface area contributed by atoms with Gasteiger partial charge in [-0.2, -0.15) is 5.26 Å². The van der Waals surface area contributed by atoms with E-state index < -0.39 is 41.4 Å². The highest BCUT2D eigenvalue weighted by Gasteiger charge is 2.51. The van der Waals surface area contributed by atoms with Gasteiger partial charge in [0.05, 0.1) is 42.2 Å². The van der Waals surface area contributed by atoms with E-state index >= 15 is 0 Å². The van der Waals surface area contributed by atoms with E-state index in [9.17, 15) is 33.5 Å². The van der Waals surface area contributed by atoms with Crippen molar-refractivity contribution in [2.24, 2.45) is 23.2 Å². The smallest absolute Gasteiger partial charge is 0.309 e. The highest BCUT2D eigenvalue weighted by atomic mass is 19.3. The summed E-state index contributed by atoms with van der Waals surface area (Å²) in [5.41, 5.74) is -0.918. The molecule has 0 radical (unpaired) electrons. The highest BCUT2D eigenvalue weighted by Crippen LogP contribution is 2.49. The van der Waals surface area contributed by atoms with Gasteiger partial charge in [-0.1, -0.05) is 0 Å². The van der Waals surface area contributed by atoms with Gasteiger partial charge >= 0.3 is 5.97 Å². The number of alkyl halides is 2. The number of halogens is 2. The summed E-state index contributed by atoms with van der Waals surface area (Å²) in [5, 5.41) is 25.1. The fourth-order valence-corrected chi connectivity index (χ4v) is 6.84. The summed E-state index contributed by atoms with van der Waals surface area (Å²) in [4.78, 5) is 46.4. The van der Waals surface area contributed by atoms with Crippen LogP contribution in [0, 0.1) is 34.5 Å². The van der Waals surface area contributed by atoms with Crippen molar-refractivity contribution in [3.8, 4) is 17.6 Å². The zero-order chi connectivity index (χ0) is 31.6. The predicted molar refractivity (Wildman–Crippen MR) is 151 cm³/mol. The van der Waals surface area contributed by atoms with Crippen LogP contribution in [-0.2, 0) is 16.1 Å². The number of hydrogen-bond donors (Lipinski definition) is 3. The third-order valence-corrected chi connectivity index (χ3v) is 9.40. The monoisotopic (exact) mass is 611 g/mol. The first-order valence-corrected chi connectivity index (χ1v) is 14.7. The van der Waals surface area contributed by atoms with Gasteiger partial charge in [-0.25, -0.2) is 18.7 Å². The van der Waals surface area contributed by atoms with Crippen LogP contribution in [0.1, 0.15) is 85.7 Å². The van der Waals surface area contributed by atoms with Crippen molar-refractivity contribution in [1.29, 1.82) is 5.26 Å². The van der Waals surface area contributed by atoms with E-state index in [0.29, 0.717) is 25.7 Å². The second-order valence-corrected chi connectivity index (χ2v) is 12.1. The Labute approximate surface area is 253 Å². The van der Waals surface area contributed by atoms with Crippen molar-refractivity contribution >= 4 is 17.8 Å². The van der Waals surface area contributed by atoms with Gasteiger partial charge in [-0.05, 0) is 75.8 Å². The van der Waals surface area contributed by atoms with Gasteiger partial charge in [0.25, 0.3) is 12.3 Å². The standard InChI is InChI=1S/C31H35F2N5O6/c1-31(30(41)42)8-5-19(6-9-31)44-22-13-20(23(43-2)12-18(22)14-34)28(39)38-26-17-4-3-16(11-17)25(26)29(40)36-15-24-35-10-7-21(37-24)27(32)33/h7,10,12-13,16-17,19,25-27H,3-6,8-9,11,15H2,1-2H3,(H,36,40)(H,38,39)(H,41,42)/t16-,17+,19-,25+,26-,31+/m1/s1. The summed E-state index contributed by atoms with van der Waals surface area (Å²) in [5.74, 6) is -1.57. The fraction of sp³-hybridized carbons (Fsp3) is 0.548. The molecule has 2 bridgehead atoms. The van der Waals surface area contributed by atoms with Crippen LogP contribution in [0.3, 0.4) is 0 Å². The van der Waals surface area contributed by atoms with Gasteiger partial charge in [-0.3, -0.25) is 14.4 Å². The zero-order valence-corrected chi connectivity index (χ0v) is 24.5. The number of fused-ring (bicyclic) bond motifs is 2. The van der Waals surface area contributed by atoms with E-state index in [0.717, 1.165) is 25.3 Å². The quantitative estimate of drug-likeness (QED) is 0.358. The maximum atomic E-state index is 13.7. The Balaban J connectivity index is 1.30. The van der Waals surface area contributed by atoms with Crippen molar-refractivity contribution in [2.75, 3.05) is 7.11 Å². The van der Waals surface area contributed by atoms with Gasteiger partial charge < -0.3 is 25.2 Å². The second kappa shape index (κ2) is 12.7. The summed E-state index contributed by atoms with van der Waals surface area (Å²) < 4.78 is 37.6. The number of methoxy groups -OCH3 is 1. The first kappa shape index (κ1) is 31.1. The number of hydrogen-bond acceptors (Lipinski definition) is 8. The van der Waals surface area contributed by atoms with Crippen LogP contribution in [-0.4, -0.2) is 52.1 Å². The molecular weight excluding hydrogens is 576 g/mol. The number of amides is 2. The number of nitriles is 1. The molecule has 3 saturated carbocycles. The minimum absolute atomic E-state index is 0.0585. The SMILES string of the molecule is COc1cc(C#N)c(O[C@H]2CC[C@@](C)(C(=O)O)CC2)cc1C(=O)N[C@@H]1[C@H]2CC[C@H](C2)[C@@H]1C(=O)NCc1nccc(C(F)F)n1. The number of nitrogens with one attached hydrogen (secondary N) is 2. The maximum Gasteiger partial charge on any atom is 0.309 e. The Morgan fingerprint density at radius 3 is 2.55 bits per heavy atom. The Morgan fingerprint density at radius 2 is 1.89 bits per heavy atom. The summed E-state index contributed by atoms with van der Waals surface area (Å²) in [7, 11) is 1.39. The lowest BCUT2D eigenvalue weighted by Crippen LogP contribution is -2.49. The molecule has 1 heterocycles. The van der Waals surface area contributed by atoms with Crippen LogP contribution in [0.2, 0.25) is 0 Å². The molecule has 0 unspecified atom stereocenters. The lowest BCUT2D eigenvalue weighted by Gasteiger charge is -2.34. The third-order valence-electron chi connectivity index (χ3n) is 9.40. The highest BCUT2D eigenvalue weighted by molar-refractivity contribution is 5.98. The molecule has 3 aliphatic rings. The number of nitrogens with zero attached hydrogens (tertiary/aromatic N) is 3. The predicted octanol–water partition coefficient (Wildman–Crippen LogP) is 4.17. The molecular formula is C31H35F2N5O6. The molecule has 1 aromatic carbocycles. The second-order valence-electron chi connectivity index (χ2n) is 12.1. The first-order chi connectivity index (χ1) is 21.0. The number of carbonyl (C=O) groups excluding carboxylic acids is 2. The van der Waals surface area contributed by atoms with Gasteiger partial charge in [-0.15, -0.1) is 0 Å². The molecule has 0 saturated heterocycles. The van der Waals surface area contributed by atoms with Gasteiger partial charge in [0.1, 0.15) is 29.1 Å². The van der Waals surface area contributed by atoms with Crippen molar-refractivity contribution in [2.45, 2.75) is 77.0 Å². The van der Waals surface area contributed by atoms with E-state index in [4.69, 9.17) is 9.47 Å².